The third-order valence-electron chi connectivity index (χ3n) is 3.98. The van der Waals surface area contributed by atoms with Crippen LogP contribution >= 0.6 is 11.6 Å². The summed E-state index contributed by atoms with van der Waals surface area (Å²) in [5.41, 5.74) is 1.73. The number of rotatable bonds is 8. The number of halogens is 1. The Labute approximate surface area is 156 Å². The molecule has 0 aliphatic heterocycles. The van der Waals surface area contributed by atoms with Crippen LogP contribution in [0.25, 0.3) is 0 Å². The maximum absolute atomic E-state index is 12.5. The maximum Gasteiger partial charge on any atom is 0.341 e. The first kappa shape index (κ1) is 19.8. The number of hydrogen-bond acceptors (Lipinski definition) is 4. The Balaban J connectivity index is 2.11. The number of benzene rings is 1. The molecule has 1 heterocycles. The van der Waals surface area contributed by atoms with Gasteiger partial charge in [0, 0.05) is 11.4 Å². The Morgan fingerprint density at radius 2 is 2.00 bits per heavy atom. The zero-order valence-corrected chi connectivity index (χ0v) is 15.7. The average molecular weight is 380 g/mol. The first-order valence-corrected chi connectivity index (χ1v) is 8.75. The van der Waals surface area contributed by atoms with Gasteiger partial charge in [0.05, 0.1) is 11.1 Å². The van der Waals surface area contributed by atoms with Gasteiger partial charge in [0.25, 0.3) is 5.91 Å². The summed E-state index contributed by atoms with van der Waals surface area (Å²) >= 11 is 6.06. The van der Waals surface area contributed by atoms with Gasteiger partial charge in [0.2, 0.25) is 0 Å². The van der Waals surface area contributed by atoms with E-state index in [1.807, 2.05) is 11.6 Å². The Morgan fingerprint density at radius 3 is 2.58 bits per heavy atom. The molecule has 1 amide bonds. The summed E-state index contributed by atoms with van der Waals surface area (Å²) in [4.78, 5) is 23.0. The van der Waals surface area contributed by atoms with Crippen LogP contribution in [0.5, 0.6) is 5.75 Å². The second-order valence-corrected chi connectivity index (χ2v) is 6.27. The summed E-state index contributed by atoms with van der Waals surface area (Å²) in [6.07, 6.45) is 1.88. The molecule has 2 aromatic rings. The fourth-order valence-corrected chi connectivity index (χ4v) is 2.87. The van der Waals surface area contributed by atoms with Gasteiger partial charge in [-0.15, -0.1) is 0 Å². The second-order valence-electron chi connectivity index (χ2n) is 5.87. The Morgan fingerprint density at radius 1 is 1.31 bits per heavy atom. The third kappa shape index (κ3) is 4.76. The number of nitrogens with zero attached hydrogens (tertiary/aromatic N) is 2. The van der Waals surface area contributed by atoms with Crippen molar-refractivity contribution in [3.05, 3.63) is 40.7 Å². The highest BCUT2D eigenvalue weighted by Gasteiger charge is 2.17. The number of hydrogen-bond donors (Lipinski definition) is 2. The minimum absolute atomic E-state index is 0.211. The summed E-state index contributed by atoms with van der Waals surface area (Å²) in [5, 5.41) is 16.0. The molecule has 1 aromatic heterocycles. The highest BCUT2D eigenvalue weighted by molar-refractivity contribution is 6.32. The molecule has 0 fully saturated rings. The molecular weight excluding hydrogens is 358 g/mol. The van der Waals surface area contributed by atoms with Crippen molar-refractivity contribution in [1.29, 1.82) is 0 Å². The molecule has 26 heavy (non-hydrogen) atoms. The van der Waals surface area contributed by atoms with Crippen molar-refractivity contribution >= 4 is 29.2 Å². The number of carbonyl (C=O) groups excluding carboxylic acids is 1. The molecule has 0 spiro atoms. The predicted octanol–water partition coefficient (Wildman–Crippen LogP) is 3.92. The highest BCUT2D eigenvalue weighted by Crippen LogP contribution is 2.28. The summed E-state index contributed by atoms with van der Waals surface area (Å²) in [6, 6.07) is 6.61. The Kier molecular flexibility index (Phi) is 6.63. The number of aryl methyl sites for hydroxylation is 1. The molecule has 2 N–H and O–H groups in total. The lowest BCUT2D eigenvalue weighted by atomic mass is 10.2. The van der Waals surface area contributed by atoms with Crippen LogP contribution in [0.15, 0.2) is 24.3 Å². The zero-order chi connectivity index (χ0) is 19.3. The molecule has 0 aliphatic rings. The zero-order valence-electron chi connectivity index (χ0n) is 15.0. The average Bonchev–Trinajstić information content (AvgIpc) is 2.97. The lowest BCUT2D eigenvalue weighted by Gasteiger charge is -2.14. The fourth-order valence-electron chi connectivity index (χ4n) is 2.63. The second kappa shape index (κ2) is 8.71. The van der Waals surface area contributed by atoms with Crippen LogP contribution in [0.3, 0.4) is 0 Å². The molecule has 8 heteroatoms. The number of carboxylic acid groups (broad SMARTS) is 1. The van der Waals surface area contributed by atoms with Gasteiger partial charge in [0.15, 0.2) is 12.3 Å². The number of carbonyl (C=O) groups is 2. The topological polar surface area (TPSA) is 93.5 Å². The van der Waals surface area contributed by atoms with Gasteiger partial charge in [-0.05, 0) is 44.0 Å². The van der Waals surface area contributed by atoms with Crippen molar-refractivity contribution in [2.24, 2.45) is 0 Å². The summed E-state index contributed by atoms with van der Waals surface area (Å²) in [5.74, 6) is -1.20. The standard InChI is InChI=1S/C18H22ClN3O4/c1-4-13(5-2)22-11(3)8-15(21-22)18(25)20-12-6-7-16(14(19)9-12)26-10-17(23)24/h6-9,13H,4-5,10H2,1-3H3,(H,20,25)(H,23,24). The van der Waals surface area contributed by atoms with E-state index >= 15 is 0 Å². The number of anilines is 1. The van der Waals surface area contributed by atoms with Gasteiger partial charge in [-0.3, -0.25) is 9.48 Å². The quantitative estimate of drug-likeness (QED) is 0.725. The number of aromatic nitrogens is 2. The van der Waals surface area contributed by atoms with Gasteiger partial charge in [0.1, 0.15) is 5.75 Å². The molecule has 2 rings (SSSR count). The first-order valence-electron chi connectivity index (χ1n) is 8.37. The molecule has 140 valence electrons. The van der Waals surface area contributed by atoms with Crippen LogP contribution in [0.4, 0.5) is 5.69 Å². The van der Waals surface area contributed by atoms with Crippen LogP contribution in [0.1, 0.15) is 48.9 Å². The van der Waals surface area contributed by atoms with E-state index in [0.29, 0.717) is 11.4 Å². The monoisotopic (exact) mass is 379 g/mol. The van der Waals surface area contributed by atoms with E-state index in [9.17, 15) is 9.59 Å². The maximum atomic E-state index is 12.5. The highest BCUT2D eigenvalue weighted by atomic mass is 35.5. The van der Waals surface area contributed by atoms with Gasteiger partial charge in [-0.1, -0.05) is 25.4 Å². The lowest BCUT2D eigenvalue weighted by Crippen LogP contribution is -2.15. The van der Waals surface area contributed by atoms with Crippen LogP contribution in [-0.4, -0.2) is 33.4 Å². The van der Waals surface area contributed by atoms with Crippen molar-refractivity contribution in [3.63, 3.8) is 0 Å². The van der Waals surface area contributed by atoms with E-state index in [1.54, 1.807) is 12.1 Å². The van der Waals surface area contributed by atoms with E-state index in [2.05, 4.69) is 24.3 Å². The van der Waals surface area contributed by atoms with E-state index in [0.717, 1.165) is 18.5 Å². The number of nitrogens with one attached hydrogen (secondary N) is 1. The minimum Gasteiger partial charge on any atom is -0.480 e. The largest absolute Gasteiger partial charge is 0.480 e. The molecule has 0 radical (unpaired) electrons. The predicted molar refractivity (Wildman–Crippen MR) is 99.1 cm³/mol. The lowest BCUT2D eigenvalue weighted by molar-refractivity contribution is -0.139. The van der Waals surface area contributed by atoms with Crippen molar-refractivity contribution in [2.75, 3.05) is 11.9 Å². The normalized spacial score (nSPS) is 10.8. The van der Waals surface area contributed by atoms with Crippen LogP contribution in [-0.2, 0) is 4.79 Å². The van der Waals surface area contributed by atoms with Gasteiger partial charge in [-0.2, -0.15) is 5.10 Å². The van der Waals surface area contributed by atoms with Crippen molar-refractivity contribution in [1.82, 2.24) is 9.78 Å². The van der Waals surface area contributed by atoms with E-state index < -0.39 is 12.6 Å². The van der Waals surface area contributed by atoms with Crippen molar-refractivity contribution < 1.29 is 19.4 Å². The fraction of sp³-hybridized carbons (Fsp3) is 0.389. The molecule has 0 aliphatic carbocycles. The molecule has 1 aromatic carbocycles. The molecule has 7 nitrogen and oxygen atoms in total. The summed E-state index contributed by atoms with van der Waals surface area (Å²) < 4.78 is 6.93. The minimum atomic E-state index is -1.10. The first-order chi connectivity index (χ1) is 12.3. The molecular formula is C18H22ClN3O4. The number of amides is 1. The van der Waals surface area contributed by atoms with Crippen LogP contribution < -0.4 is 10.1 Å². The van der Waals surface area contributed by atoms with Gasteiger partial charge < -0.3 is 15.2 Å². The Hall–Kier alpha value is -2.54. The SMILES string of the molecule is CCC(CC)n1nc(C(=O)Nc2ccc(OCC(=O)O)c(Cl)c2)cc1C. The third-order valence-corrected chi connectivity index (χ3v) is 4.28. The summed E-state index contributed by atoms with van der Waals surface area (Å²) in [7, 11) is 0. The number of ether oxygens (including phenoxy) is 1. The van der Waals surface area contributed by atoms with Crippen LogP contribution in [0.2, 0.25) is 5.02 Å². The molecule has 0 saturated carbocycles. The van der Waals surface area contributed by atoms with Crippen LogP contribution in [0, 0.1) is 6.92 Å². The van der Waals surface area contributed by atoms with E-state index in [4.69, 9.17) is 21.4 Å². The van der Waals surface area contributed by atoms with Gasteiger partial charge in [-0.25, -0.2) is 4.79 Å². The summed E-state index contributed by atoms with van der Waals surface area (Å²) in [6.45, 7) is 5.61. The molecule has 0 bridgehead atoms. The molecule has 0 atom stereocenters. The smallest absolute Gasteiger partial charge is 0.341 e. The van der Waals surface area contributed by atoms with E-state index in [-0.39, 0.29) is 22.7 Å². The van der Waals surface area contributed by atoms with Crippen molar-refractivity contribution in [3.8, 4) is 5.75 Å². The van der Waals surface area contributed by atoms with Gasteiger partial charge >= 0.3 is 5.97 Å². The van der Waals surface area contributed by atoms with E-state index in [1.165, 1.54) is 12.1 Å². The number of aliphatic carboxylic acids is 1. The number of carboxylic acids is 1. The Bertz CT molecular complexity index is 800. The molecule has 0 saturated heterocycles. The van der Waals surface area contributed by atoms with Crippen molar-refractivity contribution in [2.45, 2.75) is 39.7 Å². The molecule has 0 unspecified atom stereocenters.